The lowest BCUT2D eigenvalue weighted by Crippen LogP contribution is -2.33. The van der Waals surface area contributed by atoms with Crippen LogP contribution >= 0.6 is 0 Å². The van der Waals surface area contributed by atoms with Crippen molar-refractivity contribution in [3.8, 4) is 0 Å². The molecule has 22 heavy (non-hydrogen) atoms. The molecule has 0 saturated heterocycles. The van der Waals surface area contributed by atoms with Crippen LogP contribution in [0.25, 0.3) is 10.9 Å². The number of methoxy groups -OCH3 is 2. The van der Waals surface area contributed by atoms with Gasteiger partial charge in [-0.1, -0.05) is 18.2 Å². The van der Waals surface area contributed by atoms with Crippen LogP contribution in [0.2, 0.25) is 0 Å². The molecule has 0 aliphatic carbocycles. The summed E-state index contributed by atoms with van der Waals surface area (Å²) in [6.07, 6.45) is 2.99. The van der Waals surface area contributed by atoms with Crippen molar-refractivity contribution >= 4 is 22.8 Å². The van der Waals surface area contributed by atoms with Crippen molar-refractivity contribution in [3.05, 3.63) is 47.8 Å². The number of hydrogen-bond donors (Lipinski definition) is 0. The first-order valence-corrected chi connectivity index (χ1v) is 6.68. The molecule has 0 unspecified atom stereocenters. The minimum Gasteiger partial charge on any atom is -0.466 e. The van der Waals surface area contributed by atoms with E-state index in [0.717, 1.165) is 22.5 Å². The van der Waals surface area contributed by atoms with E-state index < -0.39 is 11.9 Å². The lowest BCUT2D eigenvalue weighted by atomic mass is 10.2. The Morgan fingerprint density at radius 2 is 1.86 bits per heavy atom. The Kier molecular flexibility index (Phi) is 4.50. The molecule has 0 aliphatic rings. The van der Waals surface area contributed by atoms with Crippen molar-refractivity contribution in [1.82, 2.24) is 4.68 Å². The normalized spacial score (nSPS) is 11.4. The second kappa shape index (κ2) is 6.34. The third kappa shape index (κ3) is 2.81. The predicted molar refractivity (Wildman–Crippen MR) is 82.9 cm³/mol. The van der Waals surface area contributed by atoms with E-state index in [1.165, 1.54) is 14.2 Å². The monoisotopic (exact) mass is 302 g/mol. The van der Waals surface area contributed by atoms with Gasteiger partial charge in [0.2, 0.25) is 0 Å². The molecule has 2 aromatic rings. The molecule has 6 nitrogen and oxygen atoms in total. The van der Waals surface area contributed by atoms with Gasteiger partial charge in [0, 0.05) is 18.6 Å². The summed E-state index contributed by atoms with van der Waals surface area (Å²) in [7, 11) is 4.20. The fraction of sp³-hybridized carbons (Fsp3) is 0.250. The second-order valence-corrected chi connectivity index (χ2v) is 4.74. The summed E-state index contributed by atoms with van der Waals surface area (Å²) in [4.78, 5) is 23.5. The molecule has 1 aromatic carbocycles. The van der Waals surface area contributed by atoms with Gasteiger partial charge in [0.15, 0.2) is 0 Å². The van der Waals surface area contributed by atoms with Gasteiger partial charge in [-0.3, -0.25) is 9.69 Å². The number of para-hydroxylation sites is 1. The Labute approximate surface area is 128 Å². The van der Waals surface area contributed by atoms with Crippen LogP contribution in [-0.4, -0.2) is 37.9 Å². The highest BCUT2D eigenvalue weighted by molar-refractivity contribution is 5.98. The Morgan fingerprint density at radius 1 is 1.18 bits per heavy atom. The minimum absolute atomic E-state index is 0.0788. The number of hydrogen-bond acceptors (Lipinski definition) is 5. The van der Waals surface area contributed by atoms with E-state index in [1.807, 2.05) is 37.4 Å². The van der Waals surface area contributed by atoms with E-state index in [4.69, 9.17) is 4.74 Å². The van der Waals surface area contributed by atoms with Crippen molar-refractivity contribution in [2.24, 2.45) is 0 Å². The van der Waals surface area contributed by atoms with Crippen molar-refractivity contribution in [3.63, 3.8) is 0 Å². The maximum Gasteiger partial charge on any atom is 0.356 e. The van der Waals surface area contributed by atoms with Crippen LogP contribution in [0.1, 0.15) is 5.56 Å². The molecule has 0 bridgehead atoms. The van der Waals surface area contributed by atoms with Crippen LogP contribution in [-0.2, 0) is 19.1 Å². The highest BCUT2D eigenvalue weighted by Crippen LogP contribution is 2.21. The maximum atomic E-state index is 12.0. The Balaban J connectivity index is 2.54. The van der Waals surface area contributed by atoms with Gasteiger partial charge in [-0.2, -0.15) is 0 Å². The molecule has 0 aliphatic heterocycles. The van der Waals surface area contributed by atoms with Crippen LogP contribution in [0.3, 0.4) is 0 Å². The molecule has 0 spiro atoms. The summed E-state index contributed by atoms with van der Waals surface area (Å²) < 4.78 is 11.1. The molecular weight excluding hydrogens is 284 g/mol. The van der Waals surface area contributed by atoms with Gasteiger partial charge in [0.1, 0.15) is 5.70 Å². The Morgan fingerprint density at radius 3 is 2.50 bits per heavy atom. The quantitative estimate of drug-likeness (QED) is 0.636. The lowest BCUT2D eigenvalue weighted by molar-refractivity contribution is -0.138. The number of aryl methyl sites for hydroxylation is 1. The van der Waals surface area contributed by atoms with Crippen LogP contribution in [0, 0.1) is 6.92 Å². The summed E-state index contributed by atoms with van der Waals surface area (Å²) in [6.45, 7) is 1.98. The largest absolute Gasteiger partial charge is 0.466 e. The van der Waals surface area contributed by atoms with Gasteiger partial charge in [-0.05, 0) is 18.6 Å². The fourth-order valence-corrected chi connectivity index (χ4v) is 2.25. The molecule has 0 saturated carbocycles. The number of carbonyl (C=O) groups is 2. The molecule has 116 valence electrons. The summed E-state index contributed by atoms with van der Waals surface area (Å²) in [5, 5.41) is 2.62. The molecule has 0 atom stereocenters. The molecule has 1 aromatic heterocycles. The van der Waals surface area contributed by atoms with Gasteiger partial charge >= 0.3 is 11.9 Å². The first-order valence-electron chi connectivity index (χ1n) is 6.68. The number of likely N-dealkylation sites (N-methyl/N-ethyl adjacent to an activating group) is 1. The van der Waals surface area contributed by atoms with Gasteiger partial charge in [0.05, 0.1) is 25.8 Å². The fourth-order valence-electron chi connectivity index (χ4n) is 2.25. The Hall–Kier alpha value is -2.76. The molecule has 1 heterocycles. The van der Waals surface area contributed by atoms with Crippen molar-refractivity contribution < 1.29 is 19.1 Å². The van der Waals surface area contributed by atoms with Gasteiger partial charge in [-0.25, -0.2) is 9.59 Å². The summed E-state index contributed by atoms with van der Waals surface area (Å²) >= 11 is 0. The number of esters is 2. The average Bonchev–Trinajstić information content (AvgIpc) is 2.88. The highest BCUT2D eigenvalue weighted by atomic mass is 16.5. The molecule has 0 fully saturated rings. The van der Waals surface area contributed by atoms with Crippen LogP contribution in [0.4, 0.5) is 0 Å². The number of fused-ring (bicyclic) bond motifs is 1. The first-order chi connectivity index (χ1) is 10.5. The summed E-state index contributed by atoms with van der Waals surface area (Å²) in [5.74, 6) is -1.25. The maximum absolute atomic E-state index is 12.0. The standard InChI is InChI=1S/C16H18N2O4/c1-11-10-18(13-8-6-5-7-12(11)13)17(2)14(16(20)22-4)9-15(19)21-3/h5-10H,1-4H3/b14-9-. The highest BCUT2D eigenvalue weighted by Gasteiger charge is 2.20. The zero-order chi connectivity index (χ0) is 16.3. The van der Waals surface area contributed by atoms with Gasteiger partial charge in [0.25, 0.3) is 0 Å². The average molecular weight is 302 g/mol. The van der Waals surface area contributed by atoms with Crippen molar-refractivity contribution in [1.29, 1.82) is 0 Å². The SMILES string of the molecule is COC(=O)/C=C(/C(=O)OC)N(C)n1cc(C)c2ccccc21. The number of carbonyl (C=O) groups excluding carboxylic acids is 2. The molecule has 0 N–H and O–H groups in total. The number of aromatic nitrogens is 1. The number of ether oxygens (including phenoxy) is 2. The molecule has 0 amide bonds. The van der Waals surface area contributed by atoms with Crippen LogP contribution in [0.5, 0.6) is 0 Å². The number of benzene rings is 1. The van der Waals surface area contributed by atoms with E-state index in [1.54, 1.807) is 16.7 Å². The third-order valence-electron chi connectivity index (χ3n) is 3.41. The van der Waals surface area contributed by atoms with E-state index in [9.17, 15) is 9.59 Å². The van der Waals surface area contributed by atoms with E-state index in [0.29, 0.717) is 0 Å². The Bertz CT molecular complexity index is 746. The van der Waals surface area contributed by atoms with E-state index >= 15 is 0 Å². The first kappa shape index (κ1) is 15.6. The second-order valence-electron chi connectivity index (χ2n) is 4.74. The van der Waals surface area contributed by atoms with Crippen molar-refractivity contribution in [2.45, 2.75) is 6.92 Å². The minimum atomic E-state index is -0.625. The van der Waals surface area contributed by atoms with Crippen molar-refractivity contribution in [2.75, 3.05) is 26.3 Å². The summed E-state index contributed by atoms with van der Waals surface area (Å²) in [5.41, 5.74) is 2.06. The zero-order valence-corrected chi connectivity index (χ0v) is 13.0. The topological polar surface area (TPSA) is 60.8 Å². The van der Waals surface area contributed by atoms with Gasteiger partial charge in [-0.15, -0.1) is 0 Å². The molecule has 6 heteroatoms. The van der Waals surface area contributed by atoms with Gasteiger partial charge < -0.3 is 9.47 Å². The van der Waals surface area contributed by atoms with E-state index in [2.05, 4.69) is 4.74 Å². The predicted octanol–water partition coefficient (Wildman–Crippen LogP) is 1.75. The summed E-state index contributed by atoms with van der Waals surface area (Å²) in [6, 6.07) is 7.79. The molecule has 2 rings (SSSR count). The lowest BCUT2D eigenvalue weighted by Gasteiger charge is -2.23. The van der Waals surface area contributed by atoms with Crippen LogP contribution in [0.15, 0.2) is 42.2 Å². The van der Waals surface area contributed by atoms with Crippen LogP contribution < -0.4 is 5.01 Å². The number of rotatable bonds is 4. The van der Waals surface area contributed by atoms with E-state index in [-0.39, 0.29) is 5.70 Å². The molecular formula is C16H18N2O4. The number of nitrogens with zero attached hydrogens (tertiary/aromatic N) is 2. The molecule has 0 radical (unpaired) electrons. The third-order valence-corrected chi connectivity index (χ3v) is 3.41. The smallest absolute Gasteiger partial charge is 0.356 e. The zero-order valence-electron chi connectivity index (χ0n) is 13.0.